The van der Waals surface area contributed by atoms with Crippen LogP contribution in [0.3, 0.4) is 0 Å². The van der Waals surface area contributed by atoms with E-state index in [0.717, 1.165) is 5.82 Å². The molecule has 10 heteroatoms. The molecule has 0 aliphatic heterocycles. The van der Waals surface area contributed by atoms with Crippen LogP contribution < -0.4 is 14.8 Å². The molecule has 3 rings (SSSR count). The van der Waals surface area contributed by atoms with Gasteiger partial charge in [-0.3, -0.25) is 9.52 Å². The van der Waals surface area contributed by atoms with Crippen molar-refractivity contribution in [2.75, 3.05) is 18.4 Å². The summed E-state index contributed by atoms with van der Waals surface area (Å²) in [6, 6.07) is 11.3. The van der Waals surface area contributed by atoms with Crippen LogP contribution in [-0.2, 0) is 17.1 Å². The van der Waals surface area contributed by atoms with E-state index in [1.165, 1.54) is 13.2 Å². The average molecular weight is 444 g/mol. The number of ether oxygens (including phenoxy) is 1. The van der Waals surface area contributed by atoms with Crippen LogP contribution in [-0.4, -0.2) is 42.7 Å². The molecule has 0 saturated carbocycles. The lowest BCUT2D eigenvalue weighted by molar-refractivity contribution is 0.0951. The highest BCUT2D eigenvalue weighted by molar-refractivity contribution is 7.92. The Morgan fingerprint density at radius 2 is 1.97 bits per heavy atom. The van der Waals surface area contributed by atoms with Crippen molar-refractivity contribution in [3.63, 3.8) is 0 Å². The van der Waals surface area contributed by atoms with Gasteiger partial charge in [-0.2, -0.15) is 0 Å². The van der Waals surface area contributed by atoms with Gasteiger partial charge in [0.2, 0.25) is 0 Å². The first-order valence-electron chi connectivity index (χ1n) is 9.61. The number of aryl methyl sites for hydroxylation is 2. The number of methoxy groups -OCH3 is 1. The lowest BCUT2D eigenvalue weighted by Crippen LogP contribution is -2.28. The second-order valence-electron chi connectivity index (χ2n) is 7.20. The molecule has 3 aromatic rings. The molecule has 1 aromatic heterocycles. The smallest absolute Gasteiger partial charge is 0.262 e. The number of carbonyl (C=O) groups is 1. The van der Waals surface area contributed by atoms with Crippen LogP contribution in [0.25, 0.3) is 0 Å². The fourth-order valence-corrected chi connectivity index (χ4v) is 4.48. The molecule has 0 spiro atoms. The summed E-state index contributed by atoms with van der Waals surface area (Å²) < 4.78 is 35.5. The standard InChI is InChI=1S/C21H25N5O4S/c1-14-9-10-16(21(27)22-12-15(2)20-24-23-13-26(20)3)11-19(14)31(28,29)25-17-7-5-6-8-18(17)30-4/h5-11,13,15,25H,12H2,1-4H3,(H,22,27)/t15-/m1/s1. The Labute approximate surface area is 181 Å². The van der Waals surface area contributed by atoms with E-state index in [4.69, 9.17) is 4.74 Å². The van der Waals surface area contributed by atoms with Crippen molar-refractivity contribution in [1.82, 2.24) is 20.1 Å². The molecular formula is C21H25N5O4S. The van der Waals surface area contributed by atoms with E-state index in [1.807, 2.05) is 14.0 Å². The lowest BCUT2D eigenvalue weighted by atomic mass is 10.1. The van der Waals surface area contributed by atoms with Crippen molar-refractivity contribution in [3.05, 3.63) is 65.7 Å². The summed E-state index contributed by atoms with van der Waals surface area (Å²) in [5, 5.41) is 10.7. The van der Waals surface area contributed by atoms with Gasteiger partial charge in [-0.05, 0) is 36.8 Å². The minimum Gasteiger partial charge on any atom is -0.495 e. The van der Waals surface area contributed by atoms with Crippen LogP contribution in [0.1, 0.15) is 34.6 Å². The predicted octanol–water partition coefficient (Wildman–Crippen LogP) is 2.47. The Morgan fingerprint density at radius 3 is 2.65 bits per heavy atom. The van der Waals surface area contributed by atoms with E-state index in [1.54, 1.807) is 54.2 Å². The second-order valence-corrected chi connectivity index (χ2v) is 8.85. The first-order valence-corrected chi connectivity index (χ1v) is 11.1. The molecule has 0 unspecified atom stereocenters. The molecule has 0 radical (unpaired) electrons. The van der Waals surface area contributed by atoms with Gasteiger partial charge in [-0.25, -0.2) is 8.42 Å². The zero-order chi connectivity index (χ0) is 22.6. The predicted molar refractivity (Wildman–Crippen MR) is 117 cm³/mol. The number of carbonyl (C=O) groups excluding carboxylic acids is 1. The second kappa shape index (κ2) is 9.17. The average Bonchev–Trinajstić information content (AvgIpc) is 3.18. The van der Waals surface area contributed by atoms with Crippen LogP contribution in [0.4, 0.5) is 5.69 Å². The molecule has 1 atom stereocenters. The summed E-state index contributed by atoms with van der Waals surface area (Å²) in [6.07, 6.45) is 1.60. The van der Waals surface area contributed by atoms with E-state index < -0.39 is 10.0 Å². The summed E-state index contributed by atoms with van der Waals surface area (Å²) in [7, 11) is -0.640. The van der Waals surface area contributed by atoms with Gasteiger partial charge < -0.3 is 14.6 Å². The van der Waals surface area contributed by atoms with Crippen LogP contribution in [0.5, 0.6) is 5.75 Å². The maximum absolute atomic E-state index is 13.0. The molecule has 0 aliphatic rings. The highest BCUT2D eigenvalue weighted by atomic mass is 32.2. The Bertz CT molecular complexity index is 1190. The molecular weight excluding hydrogens is 418 g/mol. The minimum absolute atomic E-state index is 0.0207. The van der Waals surface area contributed by atoms with Crippen LogP contribution in [0.15, 0.2) is 53.7 Å². The van der Waals surface area contributed by atoms with E-state index in [9.17, 15) is 13.2 Å². The van der Waals surface area contributed by atoms with Crippen LogP contribution in [0, 0.1) is 6.92 Å². The maximum atomic E-state index is 13.0. The van der Waals surface area contributed by atoms with Gasteiger partial charge in [-0.15, -0.1) is 10.2 Å². The molecule has 31 heavy (non-hydrogen) atoms. The fourth-order valence-electron chi connectivity index (χ4n) is 3.14. The van der Waals surface area contributed by atoms with Gasteiger partial charge in [0.05, 0.1) is 17.7 Å². The normalized spacial score (nSPS) is 12.3. The van der Waals surface area contributed by atoms with Crippen molar-refractivity contribution in [1.29, 1.82) is 0 Å². The molecule has 0 saturated heterocycles. The molecule has 2 N–H and O–H groups in total. The third-order valence-corrected chi connectivity index (χ3v) is 6.35. The monoisotopic (exact) mass is 443 g/mol. The van der Waals surface area contributed by atoms with Crippen molar-refractivity contribution in [2.24, 2.45) is 7.05 Å². The number of sulfonamides is 1. The third-order valence-electron chi connectivity index (χ3n) is 4.85. The van der Waals surface area contributed by atoms with Gasteiger partial charge in [0.1, 0.15) is 17.9 Å². The number of para-hydroxylation sites is 2. The van der Waals surface area contributed by atoms with Crippen molar-refractivity contribution in [3.8, 4) is 5.75 Å². The summed E-state index contributed by atoms with van der Waals surface area (Å²) >= 11 is 0. The molecule has 1 heterocycles. The number of anilines is 1. The summed E-state index contributed by atoms with van der Waals surface area (Å²) in [5.41, 5.74) is 1.08. The van der Waals surface area contributed by atoms with Gasteiger partial charge in [0.15, 0.2) is 0 Å². The molecule has 0 fully saturated rings. The number of hydrogen-bond donors (Lipinski definition) is 2. The molecule has 9 nitrogen and oxygen atoms in total. The Balaban J connectivity index is 1.79. The molecule has 164 valence electrons. The maximum Gasteiger partial charge on any atom is 0.262 e. The third kappa shape index (κ3) is 5.02. The van der Waals surface area contributed by atoms with Gasteiger partial charge >= 0.3 is 0 Å². The summed E-state index contributed by atoms with van der Waals surface area (Å²) in [6.45, 7) is 3.93. The Morgan fingerprint density at radius 1 is 1.23 bits per heavy atom. The van der Waals surface area contributed by atoms with Crippen LogP contribution >= 0.6 is 0 Å². The summed E-state index contributed by atoms with van der Waals surface area (Å²) in [4.78, 5) is 12.7. The van der Waals surface area contributed by atoms with Crippen LogP contribution in [0.2, 0.25) is 0 Å². The summed E-state index contributed by atoms with van der Waals surface area (Å²) in [5.74, 6) is 0.712. The number of hydrogen-bond acceptors (Lipinski definition) is 6. The van der Waals surface area contributed by atoms with Gasteiger partial charge in [0.25, 0.3) is 15.9 Å². The largest absolute Gasteiger partial charge is 0.495 e. The highest BCUT2D eigenvalue weighted by Crippen LogP contribution is 2.27. The number of rotatable bonds is 8. The van der Waals surface area contributed by atoms with Gasteiger partial charge in [-0.1, -0.05) is 25.1 Å². The number of aromatic nitrogens is 3. The lowest BCUT2D eigenvalue weighted by Gasteiger charge is -2.15. The number of nitrogens with one attached hydrogen (secondary N) is 2. The number of nitrogens with zero attached hydrogens (tertiary/aromatic N) is 3. The Kier molecular flexibility index (Phi) is 6.59. The molecule has 1 amide bonds. The van der Waals surface area contributed by atoms with E-state index in [2.05, 4.69) is 20.2 Å². The SMILES string of the molecule is COc1ccccc1NS(=O)(=O)c1cc(C(=O)NC[C@@H](C)c2nncn2C)ccc1C. The molecule has 0 bridgehead atoms. The topological polar surface area (TPSA) is 115 Å². The van der Waals surface area contributed by atoms with Crippen molar-refractivity contribution < 1.29 is 17.9 Å². The van der Waals surface area contributed by atoms with E-state index in [-0.39, 0.29) is 22.3 Å². The van der Waals surface area contributed by atoms with E-state index in [0.29, 0.717) is 23.5 Å². The van der Waals surface area contributed by atoms with Gasteiger partial charge in [0, 0.05) is 25.1 Å². The fraction of sp³-hybridized carbons (Fsp3) is 0.286. The first-order chi connectivity index (χ1) is 14.7. The Hall–Kier alpha value is -3.40. The number of amides is 1. The minimum atomic E-state index is -3.94. The zero-order valence-electron chi connectivity index (χ0n) is 17.8. The van der Waals surface area contributed by atoms with Crippen molar-refractivity contribution >= 4 is 21.6 Å². The van der Waals surface area contributed by atoms with E-state index >= 15 is 0 Å². The quantitative estimate of drug-likeness (QED) is 0.553. The number of benzene rings is 2. The zero-order valence-corrected chi connectivity index (χ0v) is 18.6. The highest BCUT2D eigenvalue weighted by Gasteiger charge is 2.21. The molecule has 0 aliphatic carbocycles. The first kappa shape index (κ1) is 22.3. The molecule has 2 aromatic carbocycles. The van der Waals surface area contributed by atoms with Crippen molar-refractivity contribution in [2.45, 2.75) is 24.7 Å².